The Balaban J connectivity index is -0.0000000148. The van der Waals surface area contributed by atoms with E-state index in [1.54, 1.807) is 48.5 Å². The Hall–Kier alpha value is -4.76. The van der Waals surface area contributed by atoms with Crippen molar-refractivity contribution in [1.82, 2.24) is 0 Å². The zero-order valence-corrected chi connectivity index (χ0v) is 79.7. The summed E-state index contributed by atoms with van der Waals surface area (Å²) < 4.78 is 70.7. The lowest BCUT2D eigenvalue weighted by Gasteiger charge is -2.13. The molecule has 0 unspecified atom stereocenters. The molecule has 33 heteroatoms. The van der Waals surface area contributed by atoms with Gasteiger partial charge in [0.1, 0.15) is 39.2 Å². The molecule has 0 fully saturated rings. The Morgan fingerprint density at radius 1 is 0.250 bits per heavy atom. The van der Waals surface area contributed by atoms with Crippen LogP contribution in [0.1, 0.15) is 351 Å². The van der Waals surface area contributed by atoms with Crippen LogP contribution in [-0.2, 0) is 114 Å². The summed E-state index contributed by atoms with van der Waals surface area (Å²) in [7, 11) is 20.8. The maximum absolute atomic E-state index is 10.6. The summed E-state index contributed by atoms with van der Waals surface area (Å²) in [5.41, 5.74) is -0.936. The second kappa shape index (κ2) is 391. The van der Waals surface area contributed by atoms with Crippen LogP contribution in [-0.4, -0.2) is 281 Å². The molecule has 0 heterocycles. The number of carbonyl (C=O) groups excluding carboxylic acids is 7. The molecule has 0 aliphatic heterocycles. The first-order valence-corrected chi connectivity index (χ1v) is 36.0. The van der Waals surface area contributed by atoms with Crippen LogP contribution in [0.3, 0.4) is 0 Å². The van der Waals surface area contributed by atoms with Crippen LogP contribution >= 0.6 is 0 Å². The van der Waals surface area contributed by atoms with E-state index in [0.717, 1.165) is 35.5 Å². The van der Waals surface area contributed by atoms with E-state index < -0.39 is 29.3 Å². The number of ketones is 1. The maximum Gasteiger partial charge on any atom is 0.334 e. The lowest BCUT2D eigenvalue weighted by Crippen LogP contribution is -2.21. The highest BCUT2D eigenvalue weighted by Gasteiger charge is 2.21. The van der Waals surface area contributed by atoms with Gasteiger partial charge in [0.25, 0.3) is 0 Å². The third-order valence-electron chi connectivity index (χ3n) is 5.25. The van der Waals surface area contributed by atoms with Gasteiger partial charge in [-0.3, -0.25) is 19.2 Å². The quantitative estimate of drug-likeness (QED) is 0.0293. The zero-order chi connectivity index (χ0) is 94.8. The lowest BCUT2D eigenvalue weighted by molar-refractivity contribution is -0.159. The molecule has 0 saturated carbocycles. The summed E-state index contributed by atoms with van der Waals surface area (Å²) in [6, 6.07) is 0. The number of rotatable bonds is 21. The second-order valence-corrected chi connectivity index (χ2v) is 14.1. The third-order valence-corrected chi connectivity index (χ3v) is 5.25. The SMILES string of the molecule is C.C.C.C.C.C.C.C.C.C.C.C.CC.CC.CC.CC.CC.CC.CC.CC.CC.CC.CC.CC.CC(C)(C)C(=O)O.CCC(=O)OCOC.CCC(=O)OCOC.CCC(C)=O.CCO.CO.CO.CO.CO.CO.COC(=O)C(C)(C)C.COCO.COCO.COCOC(=O)COC.COCOC(=O)COC.COCOC(=O)COC. The van der Waals surface area contributed by atoms with E-state index >= 15 is 0 Å². The Morgan fingerprint density at radius 2 is 0.367 bits per heavy atom. The molecule has 120 heavy (non-hydrogen) atoms. The number of aliphatic hydroxyl groups is 8. The van der Waals surface area contributed by atoms with E-state index in [1.807, 2.05) is 194 Å². The number of carboxylic acids is 1. The predicted molar refractivity (Wildman–Crippen MR) is 524 cm³/mol. The Labute approximate surface area is 754 Å². The number of esters is 6. The summed E-state index contributed by atoms with van der Waals surface area (Å²) in [5, 5.41) is 66.1. The number of hydrogen-bond donors (Lipinski definition) is 9. The minimum atomic E-state index is -0.757. The summed E-state index contributed by atoms with van der Waals surface area (Å²) in [4.78, 5) is 82.1. The van der Waals surface area contributed by atoms with Crippen LogP contribution < -0.4 is 0 Å². The number of hydrogen-bond acceptors (Lipinski definition) is 32. The standard InChI is InChI=1S/C6H12O2.3C5H10O4.2C5H10O3.C5H10O2.C4H8O.2C2H6O2.C2H6O.12C2H6.5CH4O.12CH4/c1-6(2,3)5(7)8-4;3*1-7-3-5(6)9-4-8-2;2*1-3-5(6)8-4-7-2;1-5(2,3)4(6)7;1-3-4(2)5;2*1-4-2-3;1-2-3;17*1-2;;;;;;;;;;;;/h1-4H3;3*3-4H2,1-2H3;2*3-4H2,1-2H3;1-3H3,(H,6,7);3H2,1-2H3;2*3H,2H2,1H3;3H,2H2,1H3;12*1-2H3;5*2H,1H3;12*1H4. The van der Waals surface area contributed by atoms with Crippen LogP contribution in [0.15, 0.2) is 0 Å². The average molecular weight is 1810 g/mol. The lowest BCUT2D eigenvalue weighted by atomic mass is 9.98. The Morgan fingerprint density at radius 3 is 0.417 bits per heavy atom. The summed E-state index contributed by atoms with van der Waals surface area (Å²) in [5.74, 6) is -2.38. The van der Waals surface area contributed by atoms with E-state index in [2.05, 4.69) is 75.8 Å². The van der Waals surface area contributed by atoms with E-state index in [4.69, 9.17) is 46.0 Å². The van der Waals surface area contributed by atoms with Crippen molar-refractivity contribution in [2.75, 3.05) is 188 Å². The first-order chi connectivity index (χ1) is 51.5. The molecule has 0 atom stereocenters. The van der Waals surface area contributed by atoms with Crippen molar-refractivity contribution in [2.45, 2.75) is 351 Å². The number of Topliss-reactive ketones (excluding diaryl/α,β-unsaturated/α-hetero) is 1. The molecule has 0 spiro atoms. The molecule has 9 N–H and O–H groups in total. The molecule has 0 aliphatic carbocycles. The van der Waals surface area contributed by atoms with Gasteiger partial charge in [0.2, 0.25) is 0 Å². The molecule has 33 nitrogen and oxygen atoms in total. The summed E-state index contributed by atoms with van der Waals surface area (Å²) in [6.45, 7) is 66.9. The zero-order valence-electron chi connectivity index (χ0n) is 79.7. The minimum absolute atomic E-state index is 0. The van der Waals surface area contributed by atoms with Crippen molar-refractivity contribution < 1.29 is 160 Å². The van der Waals surface area contributed by atoms with Gasteiger partial charge in [-0.15, -0.1) is 0 Å². The molecular formula is C87H238O33. The fraction of sp³-hybridized carbons (Fsp3) is 0.908. The number of ether oxygens (including phenoxy) is 16. The van der Waals surface area contributed by atoms with Crippen molar-refractivity contribution >= 4 is 47.6 Å². The van der Waals surface area contributed by atoms with Gasteiger partial charge in [-0.25, -0.2) is 14.4 Å². The molecule has 0 aromatic rings. The highest BCUT2D eigenvalue weighted by Crippen LogP contribution is 2.13. The van der Waals surface area contributed by atoms with Crippen molar-refractivity contribution in [3.05, 3.63) is 0 Å². The van der Waals surface area contributed by atoms with Crippen LogP contribution in [0, 0.1) is 10.8 Å². The first-order valence-electron chi connectivity index (χ1n) is 36.0. The molecule has 784 valence electrons. The molecule has 0 bridgehead atoms. The van der Waals surface area contributed by atoms with Gasteiger partial charge >= 0.3 is 41.8 Å². The number of aliphatic hydroxyl groups excluding tert-OH is 8. The van der Waals surface area contributed by atoms with Gasteiger partial charge < -0.3 is 127 Å². The summed E-state index contributed by atoms with van der Waals surface area (Å²) in [6.07, 6.45) is 1.48. The van der Waals surface area contributed by atoms with Gasteiger partial charge in [-0.1, -0.05) is 276 Å². The molecule has 0 radical (unpaired) electrons. The highest BCUT2D eigenvalue weighted by molar-refractivity contribution is 5.75. The van der Waals surface area contributed by atoms with Crippen molar-refractivity contribution in [2.24, 2.45) is 10.8 Å². The fourth-order valence-corrected chi connectivity index (χ4v) is 1.61. The molecular weight excluding hydrogens is 1570 g/mol. The molecule has 0 amide bonds. The molecule has 0 aromatic carbocycles. The van der Waals surface area contributed by atoms with Crippen molar-refractivity contribution in [3.8, 4) is 0 Å². The van der Waals surface area contributed by atoms with Gasteiger partial charge in [0, 0.05) is 133 Å². The molecule has 0 rings (SSSR count). The third kappa shape index (κ3) is 667. The Kier molecular flexibility index (Phi) is 865. The van der Waals surface area contributed by atoms with Crippen molar-refractivity contribution in [1.29, 1.82) is 0 Å². The van der Waals surface area contributed by atoms with E-state index in [0.29, 0.717) is 19.3 Å². The smallest absolute Gasteiger partial charge is 0.334 e. The predicted octanol–water partition coefficient (Wildman–Crippen LogP) is 20.9. The average Bonchev–Trinajstić information content (AvgIpc) is 0.945. The van der Waals surface area contributed by atoms with Crippen molar-refractivity contribution in [3.63, 3.8) is 0 Å². The van der Waals surface area contributed by atoms with E-state index in [1.165, 1.54) is 78.2 Å². The number of carbonyl (C=O) groups is 8. The monoisotopic (exact) mass is 1810 g/mol. The first kappa shape index (κ1) is 266. The van der Waals surface area contributed by atoms with Crippen LogP contribution in [0.5, 0.6) is 0 Å². The van der Waals surface area contributed by atoms with Gasteiger partial charge in [0.05, 0.1) is 17.9 Å². The van der Waals surface area contributed by atoms with Crippen LogP contribution in [0.2, 0.25) is 0 Å². The largest absolute Gasteiger partial charge is 0.481 e. The highest BCUT2D eigenvalue weighted by atomic mass is 16.7. The number of carboxylic acid groups (broad SMARTS) is 1. The van der Waals surface area contributed by atoms with Gasteiger partial charge in [0.15, 0.2) is 34.0 Å². The van der Waals surface area contributed by atoms with Crippen LogP contribution in [0.4, 0.5) is 0 Å². The maximum atomic E-state index is 10.6. The number of methoxy groups -OCH3 is 11. The molecule has 0 aromatic heterocycles. The van der Waals surface area contributed by atoms with Gasteiger partial charge in [-0.2, -0.15) is 0 Å². The Bertz CT molecular complexity index is 1140. The number of aliphatic carboxylic acids is 1. The van der Waals surface area contributed by atoms with E-state index in [9.17, 15) is 38.4 Å². The second-order valence-electron chi connectivity index (χ2n) is 14.1. The van der Waals surface area contributed by atoms with Crippen LogP contribution in [0.25, 0.3) is 0 Å². The molecule has 0 saturated heterocycles. The minimum Gasteiger partial charge on any atom is -0.481 e. The molecule has 0 aliphatic rings. The van der Waals surface area contributed by atoms with E-state index in [-0.39, 0.29) is 192 Å². The normalized spacial score (nSPS) is 6.42. The van der Waals surface area contributed by atoms with Gasteiger partial charge in [-0.05, 0) is 55.4 Å². The fourth-order valence-electron chi connectivity index (χ4n) is 1.61. The topological polar surface area (TPSA) is 466 Å². The summed E-state index contributed by atoms with van der Waals surface area (Å²) >= 11 is 0.